The number of rotatable bonds is 5. The third kappa shape index (κ3) is 3.91. The molecule has 1 saturated heterocycles. The lowest BCUT2D eigenvalue weighted by Crippen LogP contribution is -2.43. The molecular weight excluding hydrogens is 393 g/mol. The van der Waals surface area contributed by atoms with E-state index in [1.165, 1.54) is 12.1 Å². The van der Waals surface area contributed by atoms with Gasteiger partial charge in [0, 0.05) is 43.8 Å². The van der Waals surface area contributed by atoms with Crippen LogP contribution < -0.4 is 15.6 Å². The second-order valence-electron chi connectivity index (χ2n) is 8.18. The summed E-state index contributed by atoms with van der Waals surface area (Å²) < 4.78 is 17.0. The Morgan fingerprint density at radius 1 is 1.10 bits per heavy atom. The van der Waals surface area contributed by atoms with Gasteiger partial charge < -0.3 is 14.8 Å². The van der Waals surface area contributed by atoms with Gasteiger partial charge >= 0.3 is 0 Å². The molecule has 0 bridgehead atoms. The number of fused-ring (bicyclic) bond motifs is 1. The average molecular weight is 417 g/mol. The molecule has 158 valence electrons. The van der Waals surface area contributed by atoms with Gasteiger partial charge in [-0.1, -0.05) is 36.4 Å². The Labute approximate surface area is 179 Å². The first kappa shape index (κ1) is 19.7. The van der Waals surface area contributed by atoms with Crippen molar-refractivity contribution in [2.45, 2.75) is 18.9 Å². The third-order valence-corrected chi connectivity index (χ3v) is 5.99. The van der Waals surface area contributed by atoms with Crippen molar-refractivity contribution in [2.24, 2.45) is 0 Å². The highest BCUT2D eigenvalue weighted by Gasteiger charge is 2.27. The summed E-state index contributed by atoms with van der Waals surface area (Å²) in [7, 11) is 0. The first-order chi connectivity index (χ1) is 15.1. The van der Waals surface area contributed by atoms with E-state index in [0.29, 0.717) is 11.2 Å². The summed E-state index contributed by atoms with van der Waals surface area (Å²) >= 11 is 0. The molecule has 2 heterocycles. The smallest absolute Gasteiger partial charge is 0.200 e. The summed E-state index contributed by atoms with van der Waals surface area (Å²) in [5.74, 6) is -0.782. The number of aromatic nitrogens is 1. The molecule has 6 heteroatoms. The number of halogens is 1. The van der Waals surface area contributed by atoms with Crippen LogP contribution in [-0.2, 0) is 0 Å². The van der Waals surface area contributed by atoms with Gasteiger partial charge in [0.25, 0.3) is 0 Å². The van der Waals surface area contributed by atoms with Crippen LogP contribution in [0.15, 0.2) is 59.5 Å². The average Bonchev–Trinajstić information content (AvgIpc) is 3.64. The van der Waals surface area contributed by atoms with Gasteiger partial charge in [-0.3, -0.25) is 9.59 Å². The zero-order valence-corrected chi connectivity index (χ0v) is 17.2. The lowest BCUT2D eigenvalue weighted by atomic mass is 10.1. The normalized spacial score (nSPS) is 16.9. The molecule has 1 aliphatic heterocycles. The predicted octanol–water partition coefficient (Wildman–Crippen LogP) is 3.78. The van der Waals surface area contributed by atoms with Crippen LogP contribution >= 0.6 is 0 Å². The SMILES string of the molecule is O=C(C=Cc1ccccc1)c1cn(C2CC2)c2cc(N3CCNCC3)c(F)cc2c1=O. The van der Waals surface area contributed by atoms with Crippen molar-refractivity contribution in [1.82, 2.24) is 9.88 Å². The number of benzene rings is 2. The van der Waals surface area contributed by atoms with E-state index >= 15 is 4.39 Å². The number of carbonyl (C=O) groups is 1. The molecule has 0 atom stereocenters. The van der Waals surface area contributed by atoms with Gasteiger partial charge in [-0.2, -0.15) is 0 Å². The van der Waals surface area contributed by atoms with Gasteiger partial charge in [0.2, 0.25) is 5.43 Å². The van der Waals surface area contributed by atoms with Crippen LogP contribution in [0.2, 0.25) is 0 Å². The van der Waals surface area contributed by atoms with Crippen molar-refractivity contribution in [3.05, 3.63) is 81.9 Å². The molecule has 31 heavy (non-hydrogen) atoms. The molecule has 3 aromatic rings. The van der Waals surface area contributed by atoms with E-state index < -0.39 is 11.2 Å². The molecule has 5 rings (SSSR count). The number of carbonyl (C=O) groups excluding carboxylic acids is 1. The lowest BCUT2D eigenvalue weighted by Gasteiger charge is -2.30. The number of allylic oxidation sites excluding steroid dienone is 1. The maximum absolute atomic E-state index is 15.0. The molecule has 1 N–H and O–H groups in total. The van der Waals surface area contributed by atoms with Crippen molar-refractivity contribution in [3.63, 3.8) is 0 Å². The standard InChI is InChI=1S/C25H24FN3O2/c26-21-14-19-22(15-23(21)28-12-10-27-11-13-28)29(18-7-8-18)16-20(25(19)31)24(30)9-6-17-4-2-1-3-5-17/h1-6,9,14-16,18,27H,7-8,10-13H2. The highest BCUT2D eigenvalue weighted by atomic mass is 19.1. The van der Waals surface area contributed by atoms with Crippen molar-refractivity contribution in [2.75, 3.05) is 31.1 Å². The van der Waals surface area contributed by atoms with Crippen LogP contribution in [0, 0.1) is 5.82 Å². The fraction of sp³-hybridized carbons (Fsp3) is 0.280. The first-order valence-electron chi connectivity index (χ1n) is 10.7. The molecular formula is C25H24FN3O2. The van der Waals surface area contributed by atoms with Gasteiger partial charge in [-0.05, 0) is 36.6 Å². The number of anilines is 1. The minimum Gasteiger partial charge on any atom is -0.367 e. The van der Waals surface area contributed by atoms with Crippen molar-refractivity contribution in [3.8, 4) is 0 Å². The van der Waals surface area contributed by atoms with Gasteiger partial charge in [0.1, 0.15) is 5.82 Å². The summed E-state index contributed by atoms with van der Waals surface area (Å²) in [5, 5.41) is 3.54. The summed E-state index contributed by atoms with van der Waals surface area (Å²) in [4.78, 5) is 28.0. The highest BCUT2D eigenvalue weighted by molar-refractivity contribution is 6.08. The number of hydrogen-bond acceptors (Lipinski definition) is 4. The Hall–Kier alpha value is -3.25. The van der Waals surface area contributed by atoms with Crippen LogP contribution in [0.4, 0.5) is 10.1 Å². The van der Waals surface area contributed by atoms with Gasteiger partial charge in [0.15, 0.2) is 5.78 Å². The molecule has 2 aromatic carbocycles. The minimum absolute atomic E-state index is 0.0842. The fourth-order valence-electron chi connectivity index (χ4n) is 4.16. The fourth-order valence-corrected chi connectivity index (χ4v) is 4.16. The molecule has 2 fully saturated rings. The van der Waals surface area contributed by atoms with E-state index in [2.05, 4.69) is 5.32 Å². The molecule has 2 aliphatic rings. The van der Waals surface area contributed by atoms with Crippen molar-refractivity contribution < 1.29 is 9.18 Å². The Morgan fingerprint density at radius 2 is 1.84 bits per heavy atom. The summed E-state index contributed by atoms with van der Waals surface area (Å²) in [6.07, 6.45) is 6.76. The topological polar surface area (TPSA) is 54.3 Å². The first-order valence-corrected chi connectivity index (χ1v) is 10.7. The quantitative estimate of drug-likeness (QED) is 0.507. The number of nitrogens with zero attached hydrogens (tertiary/aromatic N) is 2. The molecule has 0 amide bonds. The Morgan fingerprint density at radius 3 is 2.55 bits per heavy atom. The molecule has 1 aromatic heterocycles. The number of hydrogen-bond donors (Lipinski definition) is 1. The van der Waals surface area contributed by atoms with Crippen molar-refractivity contribution in [1.29, 1.82) is 0 Å². The number of ketones is 1. The molecule has 0 radical (unpaired) electrons. The second kappa shape index (κ2) is 8.12. The second-order valence-corrected chi connectivity index (χ2v) is 8.18. The zero-order valence-electron chi connectivity index (χ0n) is 17.2. The summed E-state index contributed by atoms with van der Waals surface area (Å²) in [6.45, 7) is 3.04. The van der Waals surface area contributed by atoms with E-state index in [9.17, 15) is 9.59 Å². The van der Waals surface area contributed by atoms with E-state index in [1.54, 1.807) is 18.3 Å². The molecule has 0 unspecified atom stereocenters. The third-order valence-electron chi connectivity index (χ3n) is 5.99. The largest absolute Gasteiger partial charge is 0.367 e. The van der Waals surface area contributed by atoms with Crippen LogP contribution in [0.1, 0.15) is 34.8 Å². The van der Waals surface area contributed by atoms with Gasteiger partial charge in [-0.15, -0.1) is 0 Å². The molecule has 1 saturated carbocycles. The van der Waals surface area contributed by atoms with E-state index in [4.69, 9.17) is 0 Å². The Kier molecular flexibility index (Phi) is 5.16. The molecule has 0 spiro atoms. The lowest BCUT2D eigenvalue weighted by molar-refractivity contribution is 0.104. The molecule has 1 aliphatic carbocycles. The van der Waals surface area contributed by atoms with Gasteiger partial charge in [-0.25, -0.2) is 4.39 Å². The number of pyridine rings is 1. The van der Waals surface area contributed by atoms with Crippen LogP contribution in [0.3, 0.4) is 0 Å². The van der Waals surface area contributed by atoms with E-state index in [1.807, 2.05) is 39.8 Å². The maximum Gasteiger partial charge on any atom is 0.200 e. The predicted molar refractivity (Wildman–Crippen MR) is 121 cm³/mol. The van der Waals surface area contributed by atoms with E-state index in [-0.39, 0.29) is 22.8 Å². The Balaban J connectivity index is 1.59. The monoisotopic (exact) mass is 417 g/mol. The van der Waals surface area contributed by atoms with Gasteiger partial charge in [0.05, 0.1) is 16.8 Å². The summed E-state index contributed by atoms with van der Waals surface area (Å²) in [5.41, 5.74) is 1.77. The number of nitrogens with one attached hydrogen (secondary N) is 1. The summed E-state index contributed by atoms with van der Waals surface area (Å²) in [6, 6.07) is 12.8. The van der Waals surface area contributed by atoms with Crippen LogP contribution in [0.5, 0.6) is 0 Å². The number of piperazine rings is 1. The van der Waals surface area contributed by atoms with Crippen LogP contribution in [0.25, 0.3) is 17.0 Å². The van der Waals surface area contributed by atoms with Crippen LogP contribution in [-0.4, -0.2) is 36.5 Å². The Bertz CT molecular complexity index is 1220. The zero-order chi connectivity index (χ0) is 21.4. The highest BCUT2D eigenvalue weighted by Crippen LogP contribution is 2.38. The van der Waals surface area contributed by atoms with Crippen molar-refractivity contribution >= 4 is 28.4 Å². The maximum atomic E-state index is 15.0. The molecule has 5 nitrogen and oxygen atoms in total. The van der Waals surface area contributed by atoms with E-state index in [0.717, 1.165) is 44.6 Å². The minimum atomic E-state index is -0.418.